The number of nitrogens with one attached hydrogen (secondary N) is 1. The number of imidazole rings is 1. The molecule has 0 amide bonds. The summed E-state index contributed by atoms with van der Waals surface area (Å²) in [7, 11) is -3.74. The average molecular weight is 288 g/mol. The predicted molar refractivity (Wildman–Crippen MR) is 74.5 cm³/mol. The van der Waals surface area contributed by atoms with Crippen LogP contribution in [-0.4, -0.2) is 23.4 Å². The average Bonchev–Trinajstić information content (AvgIpc) is 2.80. The molecule has 0 aliphatic heterocycles. The molecule has 0 radical (unpaired) electrons. The maximum atomic E-state index is 11.6. The number of fused-ring (bicyclic) bond motifs is 1. The summed E-state index contributed by atoms with van der Waals surface area (Å²) < 4.78 is 23.1. The minimum absolute atomic E-state index is 0.119. The zero-order valence-corrected chi connectivity index (χ0v) is 11.3. The van der Waals surface area contributed by atoms with Crippen LogP contribution in [0.15, 0.2) is 47.5 Å². The lowest BCUT2D eigenvalue weighted by atomic mass is 10.1. The third-order valence-corrected chi connectivity index (χ3v) is 3.95. The molecule has 0 fully saturated rings. The van der Waals surface area contributed by atoms with Crippen molar-refractivity contribution in [2.24, 2.45) is 5.14 Å². The summed E-state index contributed by atoms with van der Waals surface area (Å²) in [6.45, 7) is 0. The number of hydrogen-bond donors (Lipinski definition) is 2. The van der Waals surface area contributed by atoms with Crippen molar-refractivity contribution in [3.63, 3.8) is 0 Å². The van der Waals surface area contributed by atoms with Gasteiger partial charge in [0.25, 0.3) is 0 Å². The molecule has 102 valence electrons. The van der Waals surface area contributed by atoms with Crippen LogP contribution in [0.25, 0.3) is 11.2 Å². The van der Waals surface area contributed by atoms with Gasteiger partial charge in [-0.15, -0.1) is 0 Å². The molecule has 0 unspecified atom stereocenters. The number of hydrogen-bond acceptors (Lipinski definition) is 4. The lowest BCUT2D eigenvalue weighted by Crippen LogP contribution is -2.14. The molecule has 0 aliphatic carbocycles. The number of nitrogens with zero attached hydrogens (tertiary/aromatic N) is 2. The molecule has 0 saturated carbocycles. The third kappa shape index (κ3) is 2.40. The monoisotopic (exact) mass is 288 g/mol. The van der Waals surface area contributed by atoms with E-state index in [9.17, 15) is 8.42 Å². The first-order valence-electron chi connectivity index (χ1n) is 5.94. The molecular weight excluding hydrogens is 276 g/mol. The molecular formula is C13H12N4O2S. The van der Waals surface area contributed by atoms with Gasteiger partial charge in [0.1, 0.15) is 5.82 Å². The Morgan fingerprint density at radius 1 is 1.15 bits per heavy atom. The number of aromatic nitrogens is 3. The summed E-state index contributed by atoms with van der Waals surface area (Å²) in [5.74, 6) is 0.648. The molecule has 0 aliphatic rings. The number of rotatable bonds is 3. The van der Waals surface area contributed by atoms with Gasteiger partial charge in [-0.2, -0.15) is 0 Å². The van der Waals surface area contributed by atoms with Crippen molar-refractivity contribution >= 4 is 21.2 Å². The van der Waals surface area contributed by atoms with Gasteiger partial charge >= 0.3 is 0 Å². The number of benzene rings is 1. The molecule has 0 spiro atoms. The Hall–Kier alpha value is -2.25. The first-order chi connectivity index (χ1) is 9.54. The molecule has 2 aromatic heterocycles. The Kier molecular flexibility index (Phi) is 3.00. The molecule has 7 heteroatoms. The second-order valence-corrected chi connectivity index (χ2v) is 5.92. The molecule has 6 nitrogen and oxygen atoms in total. The van der Waals surface area contributed by atoms with Crippen molar-refractivity contribution in [2.45, 2.75) is 11.3 Å². The van der Waals surface area contributed by atoms with Crippen LogP contribution in [0.5, 0.6) is 0 Å². The van der Waals surface area contributed by atoms with E-state index in [1.54, 1.807) is 24.4 Å². The number of pyridine rings is 1. The van der Waals surface area contributed by atoms with Crippen LogP contribution in [0.2, 0.25) is 0 Å². The van der Waals surface area contributed by atoms with Crippen molar-refractivity contribution < 1.29 is 8.42 Å². The predicted octanol–water partition coefficient (Wildman–Crippen LogP) is 1.20. The van der Waals surface area contributed by atoms with E-state index in [0.29, 0.717) is 23.5 Å². The molecule has 0 bridgehead atoms. The van der Waals surface area contributed by atoms with Crippen LogP contribution in [-0.2, 0) is 16.4 Å². The number of sulfonamides is 1. The standard InChI is InChI=1S/C13H12N4O2S/c14-20(18,19)11-6-2-1-4-9(11)8-12-16-10-5-3-7-15-13(10)17-12/h1-7H,8H2,(H2,14,18,19)(H,15,16,17). The van der Waals surface area contributed by atoms with Crippen molar-refractivity contribution in [1.82, 2.24) is 15.0 Å². The fourth-order valence-electron chi connectivity index (χ4n) is 2.09. The molecule has 0 atom stereocenters. The van der Waals surface area contributed by atoms with Crippen LogP contribution >= 0.6 is 0 Å². The lowest BCUT2D eigenvalue weighted by molar-refractivity contribution is 0.597. The van der Waals surface area contributed by atoms with Gasteiger partial charge in [0, 0.05) is 12.6 Å². The summed E-state index contributed by atoms with van der Waals surface area (Å²) in [6.07, 6.45) is 2.01. The smallest absolute Gasteiger partial charge is 0.238 e. The van der Waals surface area contributed by atoms with E-state index in [2.05, 4.69) is 15.0 Å². The highest BCUT2D eigenvalue weighted by Gasteiger charge is 2.14. The molecule has 3 aromatic rings. The number of primary sulfonamides is 1. The minimum atomic E-state index is -3.74. The van der Waals surface area contributed by atoms with E-state index < -0.39 is 10.0 Å². The first kappa shape index (κ1) is 12.8. The van der Waals surface area contributed by atoms with E-state index in [1.807, 2.05) is 12.1 Å². The summed E-state index contributed by atoms with van der Waals surface area (Å²) in [5, 5.41) is 5.22. The molecule has 3 rings (SSSR count). The highest BCUT2D eigenvalue weighted by atomic mass is 32.2. The number of H-pyrrole nitrogens is 1. The van der Waals surface area contributed by atoms with Crippen molar-refractivity contribution in [3.8, 4) is 0 Å². The normalized spacial score (nSPS) is 11.8. The maximum Gasteiger partial charge on any atom is 0.238 e. The second kappa shape index (κ2) is 4.69. The topological polar surface area (TPSA) is 102 Å². The van der Waals surface area contributed by atoms with Crippen molar-refractivity contribution in [1.29, 1.82) is 0 Å². The Balaban J connectivity index is 2.03. The van der Waals surface area contributed by atoms with Crippen LogP contribution in [0.4, 0.5) is 0 Å². The largest absolute Gasteiger partial charge is 0.340 e. The van der Waals surface area contributed by atoms with E-state index in [1.165, 1.54) is 6.07 Å². The van der Waals surface area contributed by atoms with Gasteiger partial charge < -0.3 is 4.98 Å². The molecule has 0 saturated heterocycles. The summed E-state index contributed by atoms with van der Waals surface area (Å²) in [4.78, 5) is 11.7. The molecule has 20 heavy (non-hydrogen) atoms. The number of nitrogens with two attached hydrogens (primary N) is 1. The van der Waals surface area contributed by atoms with Gasteiger partial charge in [0.15, 0.2) is 5.65 Å². The Bertz CT molecular complexity index is 838. The van der Waals surface area contributed by atoms with Gasteiger partial charge in [0.2, 0.25) is 10.0 Å². The quantitative estimate of drug-likeness (QED) is 0.755. The Morgan fingerprint density at radius 3 is 2.70 bits per heavy atom. The minimum Gasteiger partial charge on any atom is -0.340 e. The maximum absolute atomic E-state index is 11.6. The first-order valence-corrected chi connectivity index (χ1v) is 7.49. The third-order valence-electron chi connectivity index (χ3n) is 2.94. The number of aromatic amines is 1. The zero-order chi connectivity index (χ0) is 14.2. The van der Waals surface area contributed by atoms with Crippen LogP contribution in [0, 0.1) is 0 Å². The van der Waals surface area contributed by atoms with Crippen molar-refractivity contribution in [2.75, 3.05) is 0 Å². The Labute approximate surface area is 115 Å². The lowest BCUT2D eigenvalue weighted by Gasteiger charge is -2.05. The molecule has 3 N–H and O–H groups in total. The molecule has 1 aromatic carbocycles. The van der Waals surface area contributed by atoms with Gasteiger partial charge in [-0.1, -0.05) is 18.2 Å². The molecule has 2 heterocycles. The highest BCUT2D eigenvalue weighted by molar-refractivity contribution is 7.89. The summed E-state index contributed by atoms with van der Waals surface area (Å²) >= 11 is 0. The van der Waals surface area contributed by atoms with Crippen LogP contribution in [0.1, 0.15) is 11.4 Å². The van der Waals surface area contributed by atoms with E-state index in [-0.39, 0.29) is 4.90 Å². The van der Waals surface area contributed by atoms with E-state index in [4.69, 9.17) is 5.14 Å². The zero-order valence-electron chi connectivity index (χ0n) is 10.4. The SMILES string of the molecule is NS(=O)(=O)c1ccccc1Cc1nc2ncccc2[nH]1. The van der Waals surface area contributed by atoms with E-state index in [0.717, 1.165) is 5.52 Å². The fraction of sp³-hybridized carbons (Fsp3) is 0.0769. The summed E-state index contributed by atoms with van der Waals surface area (Å²) in [6, 6.07) is 10.3. The van der Waals surface area contributed by atoms with E-state index >= 15 is 0 Å². The van der Waals surface area contributed by atoms with Crippen LogP contribution in [0.3, 0.4) is 0 Å². The van der Waals surface area contributed by atoms with Gasteiger partial charge in [-0.25, -0.2) is 23.5 Å². The van der Waals surface area contributed by atoms with Gasteiger partial charge in [0.05, 0.1) is 10.4 Å². The Morgan fingerprint density at radius 2 is 1.95 bits per heavy atom. The fourth-order valence-corrected chi connectivity index (χ4v) is 2.86. The van der Waals surface area contributed by atoms with Crippen LogP contribution < -0.4 is 5.14 Å². The summed E-state index contributed by atoms with van der Waals surface area (Å²) in [5.41, 5.74) is 2.03. The van der Waals surface area contributed by atoms with Crippen molar-refractivity contribution in [3.05, 3.63) is 54.0 Å². The van der Waals surface area contributed by atoms with Gasteiger partial charge in [-0.05, 0) is 23.8 Å². The highest BCUT2D eigenvalue weighted by Crippen LogP contribution is 2.18. The van der Waals surface area contributed by atoms with Gasteiger partial charge in [-0.3, -0.25) is 0 Å². The second-order valence-electron chi connectivity index (χ2n) is 4.39.